The number of quaternary nitrogens is 1. The summed E-state index contributed by atoms with van der Waals surface area (Å²) in [6, 6.07) is 10.0. The molecule has 1 saturated heterocycles. The average Bonchev–Trinajstić information content (AvgIpc) is 3.24. The molecule has 0 unspecified atom stereocenters. The highest BCUT2D eigenvalue weighted by atomic mass is 32.1. The molecule has 0 aliphatic carbocycles. The van der Waals surface area contributed by atoms with E-state index in [1.807, 2.05) is 0 Å². The van der Waals surface area contributed by atoms with Gasteiger partial charge in [-0.25, -0.2) is 9.18 Å². The molecule has 2 atom stereocenters. The second-order valence-corrected chi connectivity index (χ2v) is 7.23. The molecule has 6 heteroatoms. The molecule has 4 nitrogen and oxygen atoms in total. The van der Waals surface area contributed by atoms with Crippen LogP contribution in [0.2, 0.25) is 0 Å². The molecule has 3 N–H and O–H groups in total. The van der Waals surface area contributed by atoms with Gasteiger partial charge in [-0.2, -0.15) is 0 Å². The Kier molecular flexibility index (Phi) is 5.48. The third-order valence-electron chi connectivity index (χ3n) is 4.50. The van der Waals surface area contributed by atoms with E-state index in [4.69, 9.17) is 0 Å². The van der Waals surface area contributed by atoms with E-state index in [0.29, 0.717) is 5.69 Å². The molecule has 1 aliphatic heterocycles. The number of hydrogen-bond acceptors (Lipinski definition) is 2. The molecule has 24 heavy (non-hydrogen) atoms. The van der Waals surface area contributed by atoms with Gasteiger partial charge in [0.15, 0.2) is 0 Å². The standard InChI is InChI=1S/C18H22FN3OS/c1-13(20-18(23)21-15-8-6-14(19)7-9-15)17(16-5-4-12-24-16)22-10-2-3-11-22/h4-9,12-13,17H,2-3,10-11H2,1H3,(H2,20,21,23)/p+1/t13-,17-/m0/s1. The lowest BCUT2D eigenvalue weighted by molar-refractivity contribution is -0.920. The summed E-state index contributed by atoms with van der Waals surface area (Å²) in [6.07, 6.45) is 2.48. The van der Waals surface area contributed by atoms with Crippen molar-refractivity contribution in [2.45, 2.75) is 31.8 Å². The normalized spacial score (nSPS) is 17.4. The summed E-state index contributed by atoms with van der Waals surface area (Å²) in [7, 11) is 0. The van der Waals surface area contributed by atoms with Crippen molar-refractivity contribution in [3.05, 3.63) is 52.5 Å². The maximum atomic E-state index is 12.9. The van der Waals surface area contributed by atoms with Crippen LogP contribution in [0.15, 0.2) is 41.8 Å². The Labute approximate surface area is 145 Å². The SMILES string of the molecule is C[C@H](NC(=O)Nc1ccc(F)cc1)[C@@H](c1cccs1)[NH+]1CCCC1. The van der Waals surface area contributed by atoms with Crippen molar-refractivity contribution in [1.29, 1.82) is 0 Å². The van der Waals surface area contributed by atoms with Gasteiger partial charge in [-0.3, -0.25) is 0 Å². The van der Waals surface area contributed by atoms with Gasteiger partial charge in [0.25, 0.3) is 0 Å². The van der Waals surface area contributed by atoms with Gasteiger partial charge in [0, 0.05) is 18.5 Å². The first-order valence-electron chi connectivity index (χ1n) is 8.34. The molecule has 128 valence electrons. The lowest BCUT2D eigenvalue weighted by atomic mass is 10.1. The zero-order chi connectivity index (χ0) is 16.9. The van der Waals surface area contributed by atoms with Crippen LogP contribution in [0.1, 0.15) is 30.7 Å². The molecule has 0 spiro atoms. The molecule has 0 radical (unpaired) electrons. The molecule has 1 aromatic carbocycles. The number of carbonyl (C=O) groups is 1. The lowest BCUT2D eigenvalue weighted by Crippen LogP contribution is -3.11. The third-order valence-corrected chi connectivity index (χ3v) is 5.45. The zero-order valence-electron chi connectivity index (χ0n) is 13.7. The van der Waals surface area contributed by atoms with E-state index >= 15 is 0 Å². The molecule has 1 aromatic heterocycles. The molecule has 2 heterocycles. The number of amides is 2. The van der Waals surface area contributed by atoms with E-state index in [1.165, 1.54) is 34.8 Å². The van der Waals surface area contributed by atoms with E-state index in [-0.39, 0.29) is 23.9 Å². The number of urea groups is 1. The molecule has 2 amide bonds. The van der Waals surface area contributed by atoms with Crippen molar-refractivity contribution in [2.24, 2.45) is 0 Å². The van der Waals surface area contributed by atoms with Gasteiger partial charge in [0.1, 0.15) is 11.9 Å². The average molecular weight is 348 g/mol. The summed E-state index contributed by atoms with van der Waals surface area (Å²) < 4.78 is 12.9. The fraction of sp³-hybridized carbons (Fsp3) is 0.389. The maximum absolute atomic E-state index is 12.9. The number of thiophene rings is 1. The number of benzene rings is 1. The largest absolute Gasteiger partial charge is 0.329 e. The Hall–Kier alpha value is -1.92. The van der Waals surface area contributed by atoms with Gasteiger partial charge in [-0.15, -0.1) is 11.3 Å². The van der Waals surface area contributed by atoms with Gasteiger partial charge in [-0.1, -0.05) is 6.07 Å². The molecule has 1 fully saturated rings. The fourth-order valence-electron chi connectivity index (χ4n) is 3.40. The predicted molar refractivity (Wildman–Crippen MR) is 95.0 cm³/mol. The molecule has 1 aliphatic rings. The lowest BCUT2D eigenvalue weighted by Gasteiger charge is -2.29. The summed E-state index contributed by atoms with van der Waals surface area (Å²) in [5, 5.41) is 7.90. The summed E-state index contributed by atoms with van der Waals surface area (Å²) in [5.74, 6) is -0.315. The minimum atomic E-state index is -0.315. The molecular weight excluding hydrogens is 325 g/mol. The van der Waals surface area contributed by atoms with Crippen molar-refractivity contribution < 1.29 is 14.1 Å². The summed E-state index contributed by atoms with van der Waals surface area (Å²) in [4.78, 5) is 15.1. The topological polar surface area (TPSA) is 45.6 Å². The van der Waals surface area contributed by atoms with E-state index in [9.17, 15) is 9.18 Å². The number of carbonyl (C=O) groups excluding carboxylic acids is 1. The first-order chi connectivity index (χ1) is 11.6. The Balaban J connectivity index is 1.65. The number of nitrogens with one attached hydrogen (secondary N) is 3. The van der Waals surface area contributed by atoms with Crippen LogP contribution in [0.25, 0.3) is 0 Å². The summed E-state index contributed by atoms with van der Waals surface area (Å²) >= 11 is 1.74. The van der Waals surface area contributed by atoms with Crippen LogP contribution in [0.4, 0.5) is 14.9 Å². The van der Waals surface area contributed by atoms with Gasteiger partial charge < -0.3 is 15.5 Å². The predicted octanol–water partition coefficient (Wildman–Crippen LogP) is 2.82. The molecule has 0 saturated carbocycles. The first-order valence-corrected chi connectivity index (χ1v) is 9.22. The van der Waals surface area contributed by atoms with Crippen LogP contribution in [0.3, 0.4) is 0 Å². The quantitative estimate of drug-likeness (QED) is 0.764. The van der Waals surface area contributed by atoms with E-state index in [0.717, 1.165) is 13.1 Å². The molecular formula is C18H23FN3OS+. The summed E-state index contributed by atoms with van der Waals surface area (Å²) in [6.45, 7) is 4.35. The Morgan fingerprint density at radius 1 is 1.21 bits per heavy atom. The monoisotopic (exact) mass is 348 g/mol. The van der Waals surface area contributed by atoms with Crippen molar-refractivity contribution in [1.82, 2.24) is 5.32 Å². The highest BCUT2D eigenvalue weighted by molar-refractivity contribution is 7.10. The van der Waals surface area contributed by atoms with E-state index < -0.39 is 0 Å². The Bertz CT molecular complexity index is 653. The van der Waals surface area contributed by atoms with E-state index in [2.05, 4.69) is 35.1 Å². The first kappa shape index (κ1) is 16.9. The van der Waals surface area contributed by atoms with Gasteiger partial charge in [0.2, 0.25) is 0 Å². The van der Waals surface area contributed by atoms with Crippen molar-refractivity contribution in [3.8, 4) is 0 Å². The van der Waals surface area contributed by atoms with Gasteiger partial charge >= 0.3 is 6.03 Å². The van der Waals surface area contributed by atoms with Crippen LogP contribution < -0.4 is 15.5 Å². The Morgan fingerprint density at radius 2 is 1.92 bits per heavy atom. The van der Waals surface area contributed by atoms with Crippen LogP contribution >= 0.6 is 11.3 Å². The van der Waals surface area contributed by atoms with E-state index in [1.54, 1.807) is 23.5 Å². The Morgan fingerprint density at radius 3 is 2.54 bits per heavy atom. The van der Waals surface area contributed by atoms with Gasteiger partial charge in [0.05, 0.1) is 24.0 Å². The number of hydrogen-bond donors (Lipinski definition) is 3. The number of anilines is 1. The fourth-order valence-corrected chi connectivity index (χ4v) is 4.39. The number of rotatable bonds is 5. The van der Waals surface area contributed by atoms with Crippen LogP contribution in [0, 0.1) is 5.82 Å². The van der Waals surface area contributed by atoms with Crippen molar-refractivity contribution in [3.63, 3.8) is 0 Å². The minimum absolute atomic E-state index is 0.0113. The van der Waals surface area contributed by atoms with Crippen molar-refractivity contribution >= 4 is 23.1 Å². The molecule has 2 aromatic rings. The smallest absolute Gasteiger partial charge is 0.319 e. The molecule has 0 bridgehead atoms. The van der Waals surface area contributed by atoms with Crippen LogP contribution in [0.5, 0.6) is 0 Å². The molecule has 3 rings (SSSR count). The maximum Gasteiger partial charge on any atom is 0.319 e. The third kappa shape index (κ3) is 4.13. The highest BCUT2D eigenvalue weighted by Crippen LogP contribution is 2.21. The van der Waals surface area contributed by atoms with Crippen molar-refractivity contribution in [2.75, 3.05) is 18.4 Å². The second-order valence-electron chi connectivity index (χ2n) is 6.25. The van der Waals surface area contributed by atoms with Crippen LogP contribution in [-0.2, 0) is 0 Å². The number of likely N-dealkylation sites (tertiary alicyclic amines) is 1. The summed E-state index contributed by atoms with van der Waals surface area (Å²) in [5.41, 5.74) is 0.585. The minimum Gasteiger partial charge on any atom is -0.329 e. The number of halogens is 1. The van der Waals surface area contributed by atoms with Gasteiger partial charge in [-0.05, 0) is 42.6 Å². The van der Waals surface area contributed by atoms with Crippen LogP contribution in [-0.4, -0.2) is 25.2 Å². The zero-order valence-corrected chi connectivity index (χ0v) is 14.5. The highest BCUT2D eigenvalue weighted by Gasteiger charge is 2.33. The second kappa shape index (κ2) is 7.77.